The molecule has 6 heteroatoms. The standard InChI is InChI=1S/C22H15ClN2O3/c23-17-11-10-16(13-18(17)25-21(26)14-6-2-1-3-7-14)24-22(27)20-12-15-8-4-5-9-19(15)28-20/h1-13H,(H,24,27)(H,25,26). The number of rotatable bonds is 4. The van der Waals surface area contributed by atoms with Crippen molar-refractivity contribution < 1.29 is 14.0 Å². The summed E-state index contributed by atoms with van der Waals surface area (Å²) in [6.45, 7) is 0. The van der Waals surface area contributed by atoms with Crippen LogP contribution in [0.15, 0.2) is 83.3 Å². The minimum absolute atomic E-state index is 0.200. The molecule has 0 radical (unpaired) electrons. The summed E-state index contributed by atoms with van der Waals surface area (Å²) in [6, 6.07) is 22.7. The van der Waals surface area contributed by atoms with Gasteiger partial charge >= 0.3 is 0 Å². The van der Waals surface area contributed by atoms with Gasteiger partial charge in [0, 0.05) is 16.6 Å². The van der Waals surface area contributed by atoms with Gasteiger partial charge in [-0.15, -0.1) is 0 Å². The molecule has 0 atom stereocenters. The molecule has 1 heterocycles. The lowest BCUT2D eigenvalue weighted by Crippen LogP contribution is -2.14. The zero-order valence-corrected chi connectivity index (χ0v) is 15.4. The molecule has 0 aliphatic rings. The maximum atomic E-state index is 12.5. The van der Waals surface area contributed by atoms with Gasteiger partial charge in [-0.25, -0.2) is 0 Å². The van der Waals surface area contributed by atoms with E-state index in [2.05, 4.69) is 10.6 Å². The van der Waals surface area contributed by atoms with Gasteiger partial charge in [-0.2, -0.15) is 0 Å². The number of hydrogen-bond donors (Lipinski definition) is 2. The Hall–Kier alpha value is -3.57. The molecule has 0 fully saturated rings. The van der Waals surface area contributed by atoms with Crippen molar-refractivity contribution in [2.45, 2.75) is 0 Å². The lowest BCUT2D eigenvalue weighted by Gasteiger charge is -2.10. The molecule has 2 N–H and O–H groups in total. The van der Waals surface area contributed by atoms with Crippen molar-refractivity contribution in [3.05, 3.63) is 95.2 Å². The van der Waals surface area contributed by atoms with E-state index in [-0.39, 0.29) is 17.6 Å². The highest BCUT2D eigenvalue weighted by atomic mass is 35.5. The van der Waals surface area contributed by atoms with Gasteiger partial charge in [-0.05, 0) is 42.5 Å². The predicted octanol–water partition coefficient (Wildman–Crippen LogP) is 5.59. The Labute approximate surface area is 165 Å². The number of fused-ring (bicyclic) bond motifs is 1. The highest BCUT2D eigenvalue weighted by molar-refractivity contribution is 6.34. The molecule has 0 aliphatic heterocycles. The molecule has 4 aromatic rings. The van der Waals surface area contributed by atoms with Crippen molar-refractivity contribution in [1.82, 2.24) is 0 Å². The summed E-state index contributed by atoms with van der Waals surface area (Å²) in [6.07, 6.45) is 0. The predicted molar refractivity (Wildman–Crippen MR) is 110 cm³/mol. The summed E-state index contributed by atoms with van der Waals surface area (Å²) in [5.41, 5.74) is 2.03. The van der Waals surface area contributed by atoms with Crippen LogP contribution in [0.4, 0.5) is 11.4 Å². The second kappa shape index (κ2) is 7.58. The summed E-state index contributed by atoms with van der Waals surface area (Å²) >= 11 is 6.19. The van der Waals surface area contributed by atoms with Crippen molar-refractivity contribution in [3.63, 3.8) is 0 Å². The second-order valence-electron chi connectivity index (χ2n) is 6.12. The van der Waals surface area contributed by atoms with Crippen LogP contribution in [-0.2, 0) is 0 Å². The Balaban J connectivity index is 1.53. The molecule has 0 spiro atoms. The van der Waals surface area contributed by atoms with E-state index in [1.165, 1.54) is 0 Å². The number of nitrogens with one attached hydrogen (secondary N) is 2. The lowest BCUT2D eigenvalue weighted by atomic mass is 10.2. The van der Waals surface area contributed by atoms with Crippen LogP contribution in [0, 0.1) is 0 Å². The molecule has 0 unspecified atom stereocenters. The van der Waals surface area contributed by atoms with Crippen LogP contribution < -0.4 is 10.6 Å². The minimum atomic E-state index is -0.390. The van der Waals surface area contributed by atoms with E-state index in [9.17, 15) is 9.59 Å². The van der Waals surface area contributed by atoms with Gasteiger partial charge in [0.15, 0.2) is 5.76 Å². The van der Waals surface area contributed by atoms with E-state index in [1.807, 2.05) is 24.3 Å². The summed E-state index contributed by atoms with van der Waals surface area (Å²) in [7, 11) is 0. The number of carbonyl (C=O) groups is 2. The maximum Gasteiger partial charge on any atom is 0.291 e. The molecule has 3 aromatic carbocycles. The van der Waals surface area contributed by atoms with Gasteiger partial charge in [0.05, 0.1) is 10.7 Å². The van der Waals surface area contributed by atoms with Crippen LogP contribution in [0.5, 0.6) is 0 Å². The van der Waals surface area contributed by atoms with E-state index in [4.69, 9.17) is 16.0 Å². The molecule has 0 saturated carbocycles. The Morgan fingerprint density at radius 1 is 0.786 bits per heavy atom. The van der Waals surface area contributed by atoms with Crippen LogP contribution in [-0.4, -0.2) is 11.8 Å². The molecular weight excluding hydrogens is 376 g/mol. The van der Waals surface area contributed by atoms with Gasteiger partial charge < -0.3 is 15.1 Å². The van der Waals surface area contributed by atoms with E-state index in [0.717, 1.165) is 5.39 Å². The Morgan fingerprint density at radius 3 is 2.32 bits per heavy atom. The highest BCUT2D eigenvalue weighted by Crippen LogP contribution is 2.27. The number of para-hydroxylation sites is 1. The van der Waals surface area contributed by atoms with Crippen LogP contribution in [0.2, 0.25) is 5.02 Å². The van der Waals surface area contributed by atoms with E-state index in [1.54, 1.807) is 54.6 Å². The number of anilines is 2. The molecule has 0 aliphatic carbocycles. The van der Waals surface area contributed by atoms with Crippen molar-refractivity contribution in [2.75, 3.05) is 10.6 Å². The third kappa shape index (κ3) is 3.75. The summed E-state index contributed by atoms with van der Waals surface area (Å²) < 4.78 is 5.57. The zero-order chi connectivity index (χ0) is 19.5. The second-order valence-corrected chi connectivity index (χ2v) is 6.52. The largest absolute Gasteiger partial charge is 0.451 e. The quantitative estimate of drug-likeness (QED) is 0.477. The van der Waals surface area contributed by atoms with Crippen LogP contribution in [0.3, 0.4) is 0 Å². The Morgan fingerprint density at radius 2 is 1.54 bits per heavy atom. The van der Waals surface area contributed by atoms with E-state index in [0.29, 0.717) is 27.5 Å². The van der Waals surface area contributed by atoms with Crippen molar-refractivity contribution in [3.8, 4) is 0 Å². The third-order valence-corrected chi connectivity index (χ3v) is 4.49. The topological polar surface area (TPSA) is 71.3 Å². The first kappa shape index (κ1) is 17.8. The van der Waals surface area contributed by atoms with Crippen molar-refractivity contribution >= 4 is 45.8 Å². The van der Waals surface area contributed by atoms with E-state index >= 15 is 0 Å². The molecule has 28 heavy (non-hydrogen) atoms. The number of furan rings is 1. The molecule has 2 amide bonds. The molecule has 138 valence electrons. The van der Waals surface area contributed by atoms with Crippen molar-refractivity contribution in [1.29, 1.82) is 0 Å². The summed E-state index contributed by atoms with van der Waals surface area (Å²) in [5.74, 6) is -0.479. The first-order valence-electron chi connectivity index (χ1n) is 8.56. The van der Waals surface area contributed by atoms with Crippen LogP contribution in [0.25, 0.3) is 11.0 Å². The van der Waals surface area contributed by atoms with Crippen LogP contribution in [0.1, 0.15) is 20.9 Å². The van der Waals surface area contributed by atoms with Gasteiger partial charge in [0.1, 0.15) is 5.58 Å². The molecule has 1 aromatic heterocycles. The number of carbonyl (C=O) groups excluding carboxylic acids is 2. The summed E-state index contributed by atoms with van der Waals surface area (Å²) in [4.78, 5) is 24.8. The van der Waals surface area contributed by atoms with Gasteiger partial charge in [0.2, 0.25) is 0 Å². The van der Waals surface area contributed by atoms with Gasteiger partial charge in [-0.3, -0.25) is 9.59 Å². The molecule has 5 nitrogen and oxygen atoms in total. The fraction of sp³-hybridized carbons (Fsp3) is 0. The lowest BCUT2D eigenvalue weighted by molar-refractivity contribution is 0.0997. The average molecular weight is 391 g/mol. The molecule has 0 saturated heterocycles. The molecule has 0 bridgehead atoms. The zero-order valence-electron chi connectivity index (χ0n) is 14.6. The third-order valence-electron chi connectivity index (χ3n) is 4.16. The fourth-order valence-electron chi connectivity index (χ4n) is 2.77. The minimum Gasteiger partial charge on any atom is -0.451 e. The van der Waals surface area contributed by atoms with Gasteiger partial charge in [0.25, 0.3) is 11.8 Å². The number of halogens is 1. The monoisotopic (exact) mass is 390 g/mol. The first-order chi connectivity index (χ1) is 13.6. The number of amides is 2. The maximum absolute atomic E-state index is 12.5. The fourth-order valence-corrected chi connectivity index (χ4v) is 2.93. The number of hydrogen-bond acceptors (Lipinski definition) is 3. The van der Waals surface area contributed by atoms with E-state index < -0.39 is 0 Å². The highest BCUT2D eigenvalue weighted by Gasteiger charge is 2.14. The summed E-state index contributed by atoms with van der Waals surface area (Å²) in [5, 5.41) is 6.73. The SMILES string of the molecule is O=C(Nc1cc(NC(=O)c2cc3ccccc3o2)ccc1Cl)c1ccccc1. The smallest absolute Gasteiger partial charge is 0.291 e. The Kier molecular flexibility index (Phi) is 4.83. The number of benzene rings is 3. The Bertz CT molecular complexity index is 1140. The molecule has 4 rings (SSSR count). The average Bonchev–Trinajstić information content (AvgIpc) is 3.15. The van der Waals surface area contributed by atoms with Crippen molar-refractivity contribution in [2.24, 2.45) is 0 Å². The van der Waals surface area contributed by atoms with Gasteiger partial charge in [-0.1, -0.05) is 48.0 Å². The normalized spacial score (nSPS) is 10.6. The molecular formula is C22H15ClN2O3. The van der Waals surface area contributed by atoms with Crippen LogP contribution >= 0.6 is 11.6 Å². The first-order valence-corrected chi connectivity index (χ1v) is 8.94.